The van der Waals surface area contributed by atoms with Crippen LogP contribution in [0.15, 0.2) is 72.3 Å². The van der Waals surface area contributed by atoms with Crippen LogP contribution in [0, 0.1) is 5.82 Å². The Kier molecular flexibility index (Phi) is 4.93. The van der Waals surface area contributed by atoms with Crippen LogP contribution in [0.2, 0.25) is 0 Å². The zero-order valence-corrected chi connectivity index (χ0v) is 13.4. The molecule has 0 N–H and O–H groups in total. The first kappa shape index (κ1) is 15.6. The van der Waals surface area contributed by atoms with E-state index in [4.69, 9.17) is 4.74 Å². The van der Waals surface area contributed by atoms with Crippen molar-refractivity contribution in [3.05, 3.63) is 78.6 Å². The van der Waals surface area contributed by atoms with Gasteiger partial charge in [0.1, 0.15) is 23.2 Å². The Labute approximate surface area is 139 Å². The Morgan fingerprint density at radius 1 is 1.13 bits per heavy atom. The number of fused-ring (bicyclic) bond motifs is 1. The number of rotatable bonds is 6. The van der Waals surface area contributed by atoms with Crippen LogP contribution < -0.4 is 4.74 Å². The minimum absolute atomic E-state index is 0.220. The molecule has 0 unspecified atom stereocenters. The Bertz CT molecular complexity index is 817. The van der Waals surface area contributed by atoms with E-state index in [0.29, 0.717) is 6.61 Å². The molecule has 0 saturated carbocycles. The van der Waals surface area contributed by atoms with Gasteiger partial charge in [0.05, 0.1) is 5.52 Å². The molecule has 0 aliphatic carbocycles. The van der Waals surface area contributed by atoms with E-state index in [1.165, 1.54) is 12.1 Å². The Morgan fingerprint density at radius 3 is 2.70 bits per heavy atom. The number of hydrogen-bond acceptors (Lipinski definition) is 3. The molecular weight excluding hydrogens is 309 g/mol. The van der Waals surface area contributed by atoms with Gasteiger partial charge in [-0.1, -0.05) is 36.9 Å². The predicted octanol–water partition coefficient (Wildman–Crippen LogP) is 5.23. The SMILES string of the molecule is C=CCOc1cc(SCc2ccc(F)cc2)nc2ccccc12. The van der Waals surface area contributed by atoms with Gasteiger partial charge >= 0.3 is 0 Å². The van der Waals surface area contributed by atoms with Gasteiger partial charge in [0.15, 0.2) is 0 Å². The summed E-state index contributed by atoms with van der Waals surface area (Å²) >= 11 is 1.60. The monoisotopic (exact) mass is 325 g/mol. The maximum Gasteiger partial charge on any atom is 0.131 e. The van der Waals surface area contributed by atoms with E-state index in [1.807, 2.05) is 30.3 Å². The fourth-order valence-corrected chi connectivity index (χ4v) is 3.06. The number of halogens is 1. The van der Waals surface area contributed by atoms with E-state index in [-0.39, 0.29) is 5.82 Å². The van der Waals surface area contributed by atoms with E-state index in [9.17, 15) is 4.39 Å². The van der Waals surface area contributed by atoms with Crippen molar-refractivity contribution >= 4 is 22.7 Å². The second kappa shape index (κ2) is 7.29. The van der Waals surface area contributed by atoms with Crippen LogP contribution in [-0.4, -0.2) is 11.6 Å². The summed E-state index contributed by atoms with van der Waals surface area (Å²) in [4.78, 5) is 4.66. The number of benzene rings is 2. The molecule has 0 radical (unpaired) electrons. The summed E-state index contributed by atoms with van der Waals surface area (Å²) in [6.45, 7) is 4.14. The van der Waals surface area contributed by atoms with Crippen molar-refractivity contribution in [1.29, 1.82) is 0 Å². The normalized spacial score (nSPS) is 10.7. The lowest BCUT2D eigenvalue weighted by molar-refractivity contribution is 0.366. The molecule has 2 aromatic carbocycles. The zero-order valence-electron chi connectivity index (χ0n) is 12.5. The molecule has 0 atom stereocenters. The number of ether oxygens (including phenoxy) is 1. The lowest BCUT2D eigenvalue weighted by Gasteiger charge is -2.10. The van der Waals surface area contributed by atoms with Crippen molar-refractivity contribution in [2.24, 2.45) is 0 Å². The first-order valence-corrected chi connectivity index (χ1v) is 8.25. The van der Waals surface area contributed by atoms with Crippen molar-refractivity contribution in [3.63, 3.8) is 0 Å². The third kappa shape index (κ3) is 3.90. The van der Waals surface area contributed by atoms with Crippen molar-refractivity contribution in [2.45, 2.75) is 10.8 Å². The molecule has 3 rings (SSSR count). The van der Waals surface area contributed by atoms with Crippen LogP contribution in [0.1, 0.15) is 5.56 Å². The molecule has 0 saturated heterocycles. The van der Waals surface area contributed by atoms with E-state index < -0.39 is 0 Å². The molecule has 1 heterocycles. The molecule has 0 spiro atoms. The Balaban J connectivity index is 1.85. The number of aromatic nitrogens is 1. The number of hydrogen-bond donors (Lipinski definition) is 0. The average Bonchev–Trinajstić information content (AvgIpc) is 2.59. The summed E-state index contributed by atoms with van der Waals surface area (Å²) < 4.78 is 18.7. The highest BCUT2D eigenvalue weighted by atomic mass is 32.2. The molecule has 4 heteroatoms. The van der Waals surface area contributed by atoms with Gasteiger partial charge in [-0.15, -0.1) is 11.8 Å². The van der Waals surface area contributed by atoms with E-state index in [1.54, 1.807) is 30.0 Å². The topological polar surface area (TPSA) is 22.1 Å². The molecule has 0 aliphatic heterocycles. The van der Waals surface area contributed by atoms with Crippen molar-refractivity contribution in [2.75, 3.05) is 6.61 Å². The van der Waals surface area contributed by atoms with E-state index in [2.05, 4.69) is 11.6 Å². The van der Waals surface area contributed by atoms with Gasteiger partial charge in [0.2, 0.25) is 0 Å². The number of para-hydroxylation sites is 1. The number of nitrogens with zero attached hydrogens (tertiary/aromatic N) is 1. The van der Waals surface area contributed by atoms with Crippen LogP contribution in [0.3, 0.4) is 0 Å². The zero-order chi connectivity index (χ0) is 16.1. The third-order valence-corrected chi connectivity index (χ3v) is 4.29. The smallest absolute Gasteiger partial charge is 0.131 e. The summed E-state index contributed by atoms with van der Waals surface area (Å²) in [5.74, 6) is 1.31. The minimum Gasteiger partial charge on any atom is -0.489 e. The van der Waals surface area contributed by atoms with Gasteiger partial charge in [0.25, 0.3) is 0 Å². The van der Waals surface area contributed by atoms with E-state index in [0.717, 1.165) is 33.0 Å². The molecule has 1 aromatic heterocycles. The maximum absolute atomic E-state index is 13.0. The molecule has 23 heavy (non-hydrogen) atoms. The largest absolute Gasteiger partial charge is 0.489 e. The molecule has 2 nitrogen and oxygen atoms in total. The van der Waals surface area contributed by atoms with Crippen LogP contribution in [0.4, 0.5) is 4.39 Å². The van der Waals surface area contributed by atoms with Gasteiger partial charge in [-0.2, -0.15) is 0 Å². The molecule has 3 aromatic rings. The first-order chi connectivity index (χ1) is 11.3. The van der Waals surface area contributed by atoms with Crippen molar-refractivity contribution < 1.29 is 9.13 Å². The molecule has 0 aliphatic rings. The molecule has 0 bridgehead atoms. The van der Waals surface area contributed by atoms with Gasteiger partial charge in [-0.25, -0.2) is 9.37 Å². The highest BCUT2D eigenvalue weighted by molar-refractivity contribution is 7.98. The Morgan fingerprint density at radius 2 is 1.91 bits per heavy atom. The molecule has 0 fully saturated rings. The van der Waals surface area contributed by atoms with Crippen molar-refractivity contribution in [1.82, 2.24) is 4.98 Å². The first-order valence-electron chi connectivity index (χ1n) is 7.27. The summed E-state index contributed by atoms with van der Waals surface area (Å²) in [5, 5.41) is 1.87. The van der Waals surface area contributed by atoms with Gasteiger partial charge in [0, 0.05) is 17.2 Å². The van der Waals surface area contributed by atoms with Gasteiger partial charge in [-0.3, -0.25) is 0 Å². The molecular formula is C19H16FNOS. The lowest BCUT2D eigenvalue weighted by atomic mass is 10.2. The van der Waals surface area contributed by atoms with Crippen LogP contribution >= 0.6 is 11.8 Å². The lowest BCUT2D eigenvalue weighted by Crippen LogP contribution is -1.96. The fraction of sp³-hybridized carbons (Fsp3) is 0.105. The van der Waals surface area contributed by atoms with Crippen molar-refractivity contribution in [3.8, 4) is 5.75 Å². The van der Waals surface area contributed by atoms with E-state index >= 15 is 0 Å². The quantitative estimate of drug-likeness (QED) is 0.457. The summed E-state index contributed by atoms with van der Waals surface area (Å²) in [7, 11) is 0. The summed E-state index contributed by atoms with van der Waals surface area (Å²) in [6, 6.07) is 16.4. The second-order valence-electron chi connectivity index (χ2n) is 4.99. The number of thioether (sulfide) groups is 1. The molecule has 0 amide bonds. The second-order valence-corrected chi connectivity index (χ2v) is 5.99. The fourth-order valence-electron chi connectivity index (χ4n) is 2.20. The summed E-state index contributed by atoms with van der Waals surface area (Å²) in [6.07, 6.45) is 1.72. The molecule has 116 valence electrons. The van der Waals surface area contributed by atoms with Crippen LogP contribution in [-0.2, 0) is 5.75 Å². The Hall–Kier alpha value is -2.33. The predicted molar refractivity (Wildman–Crippen MR) is 93.4 cm³/mol. The summed E-state index contributed by atoms with van der Waals surface area (Å²) in [5.41, 5.74) is 1.95. The maximum atomic E-state index is 13.0. The highest BCUT2D eigenvalue weighted by Gasteiger charge is 2.07. The van der Waals surface area contributed by atoms with Crippen LogP contribution in [0.5, 0.6) is 5.75 Å². The standard InChI is InChI=1S/C19H16FNOS/c1-2-11-22-18-12-19(21-17-6-4-3-5-16(17)18)23-13-14-7-9-15(20)10-8-14/h2-10,12H,1,11,13H2. The number of pyridine rings is 1. The highest BCUT2D eigenvalue weighted by Crippen LogP contribution is 2.31. The van der Waals surface area contributed by atoms with Gasteiger partial charge < -0.3 is 4.74 Å². The van der Waals surface area contributed by atoms with Crippen LogP contribution in [0.25, 0.3) is 10.9 Å². The average molecular weight is 325 g/mol. The van der Waals surface area contributed by atoms with Gasteiger partial charge in [-0.05, 0) is 29.8 Å². The third-order valence-electron chi connectivity index (χ3n) is 3.31. The minimum atomic E-state index is -0.220.